The second-order valence-corrected chi connectivity index (χ2v) is 5.26. The highest BCUT2D eigenvalue weighted by molar-refractivity contribution is 7.10. The van der Waals surface area contributed by atoms with Crippen molar-refractivity contribution in [1.29, 1.82) is 0 Å². The third kappa shape index (κ3) is 3.06. The molecule has 0 amide bonds. The molecule has 2 N–H and O–H groups in total. The van der Waals surface area contributed by atoms with Crippen LogP contribution < -0.4 is 5.73 Å². The summed E-state index contributed by atoms with van der Waals surface area (Å²) in [4.78, 5) is 12.6. The number of carbonyl (C=O) groups is 1. The lowest BCUT2D eigenvalue weighted by atomic mass is 9.82. The fourth-order valence-corrected chi connectivity index (χ4v) is 2.40. The summed E-state index contributed by atoms with van der Waals surface area (Å²) < 4.78 is 4.91. The van der Waals surface area contributed by atoms with E-state index in [2.05, 4.69) is 19.9 Å². The molecule has 1 aromatic rings. The lowest BCUT2D eigenvalue weighted by Crippen LogP contribution is -2.42. The zero-order chi connectivity index (χ0) is 12.2. The predicted molar refractivity (Wildman–Crippen MR) is 66.6 cm³/mol. The van der Waals surface area contributed by atoms with Gasteiger partial charge in [0.25, 0.3) is 0 Å². The first-order valence-corrected chi connectivity index (χ1v) is 6.31. The van der Waals surface area contributed by atoms with Crippen molar-refractivity contribution in [3.63, 3.8) is 0 Å². The highest BCUT2D eigenvalue weighted by Gasteiger charge is 2.31. The van der Waals surface area contributed by atoms with Crippen LogP contribution in [0.2, 0.25) is 0 Å². The van der Waals surface area contributed by atoms with E-state index in [9.17, 15) is 4.79 Å². The quantitative estimate of drug-likeness (QED) is 0.805. The number of thiophene rings is 1. The molecule has 0 spiro atoms. The summed E-state index contributed by atoms with van der Waals surface area (Å²) >= 11 is 1.67. The molecule has 90 valence electrons. The maximum absolute atomic E-state index is 11.4. The van der Waals surface area contributed by atoms with Gasteiger partial charge in [-0.05, 0) is 18.4 Å². The molecule has 0 saturated carbocycles. The van der Waals surface area contributed by atoms with Crippen LogP contribution in [-0.2, 0) is 14.9 Å². The lowest BCUT2D eigenvalue weighted by Gasteiger charge is -2.30. The molecule has 1 aromatic heterocycles. The number of rotatable bonds is 5. The number of hydrogen-bond donors (Lipinski definition) is 1. The fourth-order valence-electron chi connectivity index (χ4n) is 1.48. The van der Waals surface area contributed by atoms with Gasteiger partial charge in [0.15, 0.2) is 0 Å². The third-order valence-electron chi connectivity index (χ3n) is 2.78. The molecule has 0 saturated heterocycles. The molecule has 1 atom stereocenters. The van der Waals surface area contributed by atoms with E-state index in [0.717, 1.165) is 0 Å². The van der Waals surface area contributed by atoms with Crippen molar-refractivity contribution in [2.45, 2.75) is 38.6 Å². The molecule has 0 aliphatic carbocycles. The Kier molecular flexibility index (Phi) is 4.50. The number of ether oxygens (including phenoxy) is 1. The van der Waals surface area contributed by atoms with Crippen LogP contribution in [-0.4, -0.2) is 18.6 Å². The zero-order valence-electron chi connectivity index (χ0n) is 10.0. The third-order valence-corrected chi connectivity index (χ3v) is 3.98. The monoisotopic (exact) mass is 241 g/mol. The Bertz CT molecular complexity index is 333. The van der Waals surface area contributed by atoms with Gasteiger partial charge in [-0.15, -0.1) is 11.3 Å². The van der Waals surface area contributed by atoms with E-state index in [1.54, 1.807) is 18.3 Å². The summed E-state index contributed by atoms with van der Waals surface area (Å²) in [5, 5.41) is 2.02. The van der Waals surface area contributed by atoms with Crippen LogP contribution in [0.4, 0.5) is 0 Å². The standard InChI is InChI=1S/C12H19NO2S/c1-4-15-11(14)8-9(13)12(2,3)10-6-5-7-16-10/h5-7,9H,4,8,13H2,1-3H3. The Morgan fingerprint density at radius 1 is 1.62 bits per heavy atom. The van der Waals surface area contributed by atoms with Crippen molar-refractivity contribution in [2.75, 3.05) is 6.61 Å². The summed E-state index contributed by atoms with van der Waals surface area (Å²) in [7, 11) is 0. The van der Waals surface area contributed by atoms with Gasteiger partial charge in [0.1, 0.15) is 0 Å². The minimum absolute atomic E-state index is 0.194. The van der Waals surface area contributed by atoms with Gasteiger partial charge in [-0.3, -0.25) is 4.79 Å². The van der Waals surface area contributed by atoms with E-state index in [1.807, 2.05) is 11.4 Å². The van der Waals surface area contributed by atoms with Crippen LogP contribution >= 0.6 is 11.3 Å². The number of hydrogen-bond acceptors (Lipinski definition) is 4. The van der Waals surface area contributed by atoms with Crippen molar-refractivity contribution in [1.82, 2.24) is 0 Å². The van der Waals surface area contributed by atoms with Gasteiger partial charge < -0.3 is 10.5 Å². The molecule has 16 heavy (non-hydrogen) atoms. The van der Waals surface area contributed by atoms with Crippen molar-refractivity contribution < 1.29 is 9.53 Å². The first-order chi connectivity index (χ1) is 7.48. The molecule has 0 aromatic carbocycles. The van der Waals surface area contributed by atoms with E-state index < -0.39 is 0 Å². The Morgan fingerprint density at radius 2 is 2.31 bits per heavy atom. The minimum atomic E-state index is -0.223. The Balaban J connectivity index is 2.65. The van der Waals surface area contributed by atoms with Gasteiger partial charge in [-0.2, -0.15) is 0 Å². The SMILES string of the molecule is CCOC(=O)CC(N)C(C)(C)c1cccs1. The van der Waals surface area contributed by atoms with Gasteiger partial charge >= 0.3 is 5.97 Å². The van der Waals surface area contributed by atoms with Gasteiger partial charge in [0.05, 0.1) is 13.0 Å². The van der Waals surface area contributed by atoms with E-state index in [0.29, 0.717) is 6.61 Å². The average Bonchev–Trinajstić information content (AvgIpc) is 2.70. The van der Waals surface area contributed by atoms with Gasteiger partial charge in [-0.25, -0.2) is 0 Å². The molecule has 0 aliphatic rings. The molecular weight excluding hydrogens is 222 g/mol. The van der Waals surface area contributed by atoms with Gasteiger partial charge in [0, 0.05) is 16.3 Å². The lowest BCUT2D eigenvalue weighted by molar-refractivity contribution is -0.143. The summed E-state index contributed by atoms with van der Waals surface area (Å²) in [6.07, 6.45) is 0.263. The maximum atomic E-state index is 11.4. The van der Waals surface area contributed by atoms with Crippen molar-refractivity contribution in [2.24, 2.45) is 5.73 Å². The van der Waals surface area contributed by atoms with Crippen LogP contribution in [0.25, 0.3) is 0 Å². The minimum Gasteiger partial charge on any atom is -0.466 e. The Labute approximate surface area is 101 Å². The van der Waals surface area contributed by atoms with Crippen LogP contribution in [0, 0.1) is 0 Å². The molecule has 0 fully saturated rings. The van der Waals surface area contributed by atoms with Gasteiger partial charge in [-0.1, -0.05) is 19.9 Å². The van der Waals surface area contributed by atoms with E-state index >= 15 is 0 Å². The molecule has 0 radical (unpaired) electrons. The second kappa shape index (κ2) is 5.46. The summed E-state index contributed by atoms with van der Waals surface area (Å²) in [6, 6.07) is 3.83. The van der Waals surface area contributed by atoms with Crippen LogP contribution in [0.1, 0.15) is 32.1 Å². The topological polar surface area (TPSA) is 52.3 Å². The summed E-state index contributed by atoms with van der Waals surface area (Å²) in [5.74, 6) is -0.223. The molecule has 1 rings (SSSR count). The highest BCUT2D eigenvalue weighted by Crippen LogP contribution is 2.31. The van der Waals surface area contributed by atoms with Crippen LogP contribution in [0.3, 0.4) is 0 Å². The number of carbonyl (C=O) groups excluding carboxylic acids is 1. The zero-order valence-corrected chi connectivity index (χ0v) is 10.8. The molecule has 0 bridgehead atoms. The van der Waals surface area contributed by atoms with Crippen molar-refractivity contribution >= 4 is 17.3 Å². The summed E-state index contributed by atoms with van der Waals surface area (Å²) in [5.41, 5.74) is 5.89. The van der Waals surface area contributed by atoms with Crippen LogP contribution in [0.15, 0.2) is 17.5 Å². The number of esters is 1. The molecule has 0 aliphatic heterocycles. The molecular formula is C12H19NO2S. The first kappa shape index (κ1) is 13.2. The molecule has 3 nitrogen and oxygen atoms in total. The molecule has 4 heteroatoms. The molecule has 1 unspecified atom stereocenters. The number of nitrogens with two attached hydrogens (primary N) is 1. The Morgan fingerprint density at radius 3 is 2.81 bits per heavy atom. The van der Waals surface area contributed by atoms with E-state index in [1.165, 1.54) is 4.88 Å². The average molecular weight is 241 g/mol. The normalized spacial score (nSPS) is 13.5. The molecule has 1 heterocycles. The predicted octanol–water partition coefficient (Wildman–Crippen LogP) is 2.31. The second-order valence-electron chi connectivity index (χ2n) is 4.31. The highest BCUT2D eigenvalue weighted by atomic mass is 32.1. The van der Waals surface area contributed by atoms with Crippen LogP contribution in [0.5, 0.6) is 0 Å². The van der Waals surface area contributed by atoms with E-state index in [-0.39, 0.29) is 23.8 Å². The Hall–Kier alpha value is -0.870. The summed E-state index contributed by atoms with van der Waals surface area (Å²) in [6.45, 7) is 6.32. The van der Waals surface area contributed by atoms with Crippen molar-refractivity contribution in [3.8, 4) is 0 Å². The smallest absolute Gasteiger partial charge is 0.307 e. The van der Waals surface area contributed by atoms with E-state index in [4.69, 9.17) is 10.5 Å². The van der Waals surface area contributed by atoms with Crippen molar-refractivity contribution in [3.05, 3.63) is 22.4 Å². The maximum Gasteiger partial charge on any atom is 0.307 e. The fraction of sp³-hybridized carbons (Fsp3) is 0.583. The largest absolute Gasteiger partial charge is 0.466 e. The van der Waals surface area contributed by atoms with Gasteiger partial charge in [0.2, 0.25) is 0 Å². The first-order valence-electron chi connectivity index (χ1n) is 5.43.